The molecule has 1 saturated carbocycles. The number of aliphatic hydroxyl groups excluding tert-OH is 1. The second-order valence-corrected chi connectivity index (χ2v) is 7.60. The number of nitrogens with two attached hydrogens (primary N) is 2. The molecule has 0 atom stereocenters. The van der Waals surface area contributed by atoms with E-state index in [9.17, 15) is 9.18 Å². The van der Waals surface area contributed by atoms with Gasteiger partial charge in [0.25, 0.3) is 0 Å². The van der Waals surface area contributed by atoms with Gasteiger partial charge in [0.05, 0.1) is 12.1 Å². The lowest BCUT2D eigenvalue weighted by atomic mass is 10.0. The van der Waals surface area contributed by atoms with Crippen LogP contribution in [0.3, 0.4) is 0 Å². The van der Waals surface area contributed by atoms with E-state index in [0.717, 1.165) is 29.5 Å². The number of benzene rings is 2. The first-order valence-corrected chi connectivity index (χ1v) is 9.60. The number of halogens is 1. The summed E-state index contributed by atoms with van der Waals surface area (Å²) < 4.78 is 12.1. The molecule has 29 heavy (non-hydrogen) atoms. The van der Waals surface area contributed by atoms with Gasteiger partial charge in [0.1, 0.15) is 11.7 Å². The highest BCUT2D eigenvalue weighted by Gasteiger charge is 2.45. The fourth-order valence-electron chi connectivity index (χ4n) is 2.92. The van der Waals surface area contributed by atoms with Gasteiger partial charge in [-0.15, -0.1) is 0 Å². The van der Waals surface area contributed by atoms with E-state index >= 15 is 0 Å². The van der Waals surface area contributed by atoms with Crippen molar-refractivity contribution in [3.63, 3.8) is 0 Å². The first-order chi connectivity index (χ1) is 13.8. The Labute approximate surface area is 170 Å². The van der Waals surface area contributed by atoms with Crippen LogP contribution in [0.4, 0.5) is 4.39 Å². The van der Waals surface area contributed by atoms with Gasteiger partial charge in [-0.2, -0.15) is 5.10 Å². The summed E-state index contributed by atoms with van der Waals surface area (Å²) in [7, 11) is 0. The minimum atomic E-state index is -0.271. The van der Waals surface area contributed by atoms with Crippen LogP contribution in [0.2, 0.25) is 0 Å². The number of rotatable bonds is 6. The first-order valence-electron chi connectivity index (χ1n) is 9.60. The van der Waals surface area contributed by atoms with Gasteiger partial charge in [0.15, 0.2) is 0 Å². The van der Waals surface area contributed by atoms with Crippen molar-refractivity contribution in [2.75, 3.05) is 0 Å². The van der Waals surface area contributed by atoms with E-state index in [-0.39, 0.29) is 23.9 Å². The van der Waals surface area contributed by atoms with Crippen LogP contribution in [0, 0.1) is 11.7 Å². The molecular weight excluding hydrogens is 371 g/mol. The number of carbonyl (C=O) groups is 1. The molecule has 0 saturated heterocycles. The molecule has 0 radical (unpaired) electrons. The number of amides is 1. The minimum Gasteiger partial charge on any atom is -0.392 e. The number of aliphatic hydroxyl groups is 1. The van der Waals surface area contributed by atoms with Crippen molar-refractivity contribution in [2.24, 2.45) is 22.6 Å². The van der Waals surface area contributed by atoms with Gasteiger partial charge >= 0.3 is 0 Å². The number of hydrogen-bond acceptors (Lipinski definition) is 4. The molecule has 2 aromatic carbocycles. The van der Waals surface area contributed by atoms with Gasteiger partial charge in [0.2, 0.25) is 5.91 Å². The van der Waals surface area contributed by atoms with Crippen LogP contribution >= 0.6 is 0 Å². The summed E-state index contributed by atoms with van der Waals surface area (Å²) in [5.41, 5.74) is 8.12. The highest BCUT2D eigenvalue weighted by Crippen LogP contribution is 2.45. The molecule has 156 valence electrons. The summed E-state index contributed by atoms with van der Waals surface area (Å²) in [6.07, 6.45) is 2.53. The molecule has 6 nitrogen and oxygen atoms in total. The molecule has 0 bridgehead atoms. The van der Waals surface area contributed by atoms with Crippen molar-refractivity contribution >= 4 is 11.7 Å². The van der Waals surface area contributed by atoms with E-state index in [4.69, 9.17) is 16.7 Å². The summed E-state index contributed by atoms with van der Waals surface area (Å²) in [6.45, 7) is 4.06. The van der Waals surface area contributed by atoms with Crippen LogP contribution in [-0.2, 0) is 16.9 Å². The number of hydrazone groups is 1. The number of nitrogens with one attached hydrogen (secondary N) is 1. The zero-order valence-corrected chi connectivity index (χ0v) is 16.9. The van der Waals surface area contributed by atoms with Crippen LogP contribution in [0.25, 0.3) is 0 Å². The Bertz CT molecular complexity index is 829. The molecule has 3 rings (SSSR count). The van der Waals surface area contributed by atoms with Gasteiger partial charge in [-0.05, 0) is 42.0 Å². The standard InChI is InChI=1S/C15H22N4O.C7H7FO/c1-10(2)9-13(20)18-15(7-8-15)12-5-3-11(4-6-12)14(16)19-17;8-7-3-1-6(5-9)2-4-7/h3-6,10H,7-9,17H2,1-2H3,(H2,16,19)(H,18,20);1-4,9H,5H2. The van der Waals surface area contributed by atoms with Crippen molar-refractivity contribution < 1.29 is 14.3 Å². The SMILES string of the molecule is CC(C)CC(=O)NC1(c2ccc(/C(N)=N/N)cc2)CC1.OCc1ccc(F)cc1. The largest absolute Gasteiger partial charge is 0.392 e. The molecule has 0 heterocycles. The van der Waals surface area contributed by atoms with Gasteiger partial charge in [0, 0.05) is 12.0 Å². The Morgan fingerprint density at radius 2 is 1.76 bits per heavy atom. The van der Waals surface area contributed by atoms with Gasteiger partial charge in [-0.3, -0.25) is 4.79 Å². The normalized spacial score (nSPS) is 14.7. The van der Waals surface area contributed by atoms with Crippen LogP contribution < -0.4 is 16.9 Å². The van der Waals surface area contributed by atoms with Crippen molar-refractivity contribution in [3.8, 4) is 0 Å². The summed E-state index contributed by atoms with van der Waals surface area (Å²) >= 11 is 0. The number of amidine groups is 1. The Balaban J connectivity index is 0.000000278. The van der Waals surface area contributed by atoms with E-state index in [1.165, 1.54) is 12.1 Å². The summed E-state index contributed by atoms with van der Waals surface area (Å²) in [6, 6.07) is 13.5. The average Bonchev–Trinajstić information content (AvgIpc) is 3.48. The molecular formula is C22H29FN4O2. The van der Waals surface area contributed by atoms with Gasteiger partial charge < -0.3 is 22.0 Å². The van der Waals surface area contributed by atoms with E-state index in [1.807, 2.05) is 38.1 Å². The van der Waals surface area contributed by atoms with Crippen molar-refractivity contribution in [1.29, 1.82) is 0 Å². The van der Waals surface area contributed by atoms with Gasteiger partial charge in [-0.1, -0.05) is 50.2 Å². The van der Waals surface area contributed by atoms with Gasteiger partial charge in [-0.25, -0.2) is 4.39 Å². The highest BCUT2D eigenvalue weighted by molar-refractivity contribution is 5.97. The fourth-order valence-corrected chi connectivity index (χ4v) is 2.92. The predicted molar refractivity (Wildman–Crippen MR) is 112 cm³/mol. The Hall–Kier alpha value is -2.93. The third-order valence-electron chi connectivity index (χ3n) is 4.69. The summed E-state index contributed by atoms with van der Waals surface area (Å²) in [4.78, 5) is 11.9. The minimum absolute atomic E-state index is 0.0275. The first kappa shape index (κ1) is 22.4. The van der Waals surface area contributed by atoms with E-state index < -0.39 is 0 Å². The second kappa shape index (κ2) is 10.0. The third-order valence-corrected chi connectivity index (χ3v) is 4.69. The quantitative estimate of drug-likeness (QED) is 0.258. The zero-order chi connectivity index (χ0) is 21.4. The van der Waals surface area contributed by atoms with Crippen LogP contribution in [0.15, 0.2) is 53.6 Å². The van der Waals surface area contributed by atoms with Crippen molar-refractivity contribution in [1.82, 2.24) is 5.32 Å². The monoisotopic (exact) mass is 400 g/mol. The lowest BCUT2D eigenvalue weighted by molar-refractivity contribution is -0.122. The molecule has 0 unspecified atom stereocenters. The lowest BCUT2D eigenvalue weighted by Gasteiger charge is -2.19. The molecule has 7 heteroatoms. The van der Waals surface area contributed by atoms with Crippen LogP contribution in [-0.4, -0.2) is 16.8 Å². The molecule has 0 aliphatic heterocycles. The maximum Gasteiger partial charge on any atom is 0.220 e. The lowest BCUT2D eigenvalue weighted by Crippen LogP contribution is -2.35. The predicted octanol–water partition coefficient (Wildman–Crippen LogP) is 2.74. The maximum absolute atomic E-state index is 12.1. The summed E-state index contributed by atoms with van der Waals surface area (Å²) in [5, 5.41) is 15.1. The fraction of sp³-hybridized carbons (Fsp3) is 0.364. The van der Waals surface area contributed by atoms with E-state index in [1.54, 1.807) is 12.1 Å². The smallest absolute Gasteiger partial charge is 0.220 e. The Kier molecular flexibility index (Phi) is 7.73. The highest BCUT2D eigenvalue weighted by atomic mass is 19.1. The molecule has 1 fully saturated rings. The topological polar surface area (TPSA) is 114 Å². The summed E-state index contributed by atoms with van der Waals surface area (Å²) in [5.74, 6) is 5.68. The second-order valence-electron chi connectivity index (χ2n) is 7.60. The van der Waals surface area contributed by atoms with Crippen molar-refractivity contribution in [2.45, 2.75) is 45.3 Å². The molecule has 6 N–H and O–H groups in total. The number of hydrogen-bond donors (Lipinski definition) is 4. The average molecular weight is 400 g/mol. The zero-order valence-electron chi connectivity index (χ0n) is 16.9. The van der Waals surface area contributed by atoms with Crippen LogP contribution in [0.1, 0.15) is 49.8 Å². The Morgan fingerprint density at radius 3 is 2.21 bits per heavy atom. The molecule has 0 spiro atoms. The van der Waals surface area contributed by atoms with E-state index in [0.29, 0.717) is 18.2 Å². The maximum atomic E-state index is 12.1. The molecule has 1 aliphatic carbocycles. The molecule has 2 aromatic rings. The molecule has 1 aliphatic rings. The third kappa shape index (κ3) is 6.57. The van der Waals surface area contributed by atoms with Crippen molar-refractivity contribution in [3.05, 3.63) is 71.0 Å². The van der Waals surface area contributed by atoms with E-state index in [2.05, 4.69) is 10.4 Å². The Morgan fingerprint density at radius 1 is 1.17 bits per heavy atom. The molecule has 1 amide bonds. The molecule has 0 aromatic heterocycles. The number of carbonyl (C=O) groups excluding carboxylic acids is 1. The number of nitrogens with zero attached hydrogens (tertiary/aromatic N) is 1. The van der Waals surface area contributed by atoms with Crippen LogP contribution in [0.5, 0.6) is 0 Å².